The summed E-state index contributed by atoms with van der Waals surface area (Å²) in [5, 5.41) is 0. The Balaban J connectivity index is 2.37. The van der Waals surface area contributed by atoms with E-state index in [1.54, 1.807) is 0 Å². The fourth-order valence-corrected chi connectivity index (χ4v) is 2.64. The van der Waals surface area contributed by atoms with Crippen molar-refractivity contribution in [3.8, 4) is 0 Å². The smallest absolute Gasteiger partial charge is 0.262 e. The molecule has 0 atom stereocenters. The third-order valence-electron chi connectivity index (χ3n) is 2.57. The Labute approximate surface area is 114 Å². The van der Waals surface area contributed by atoms with Crippen LogP contribution in [0.15, 0.2) is 41.3 Å². The SMILES string of the molecule is Cc1ccc(NS(=O)(=O)c2cc(F)cc(F)c2)cc1F. The molecule has 0 aromatic heterocycles. The minimum absolute atomic E-state index is 0.0298. The van der Waals surface area contributed by atoms with Gasteiger partial charge in [-0.15, -0.1) is 0 Å². The van der Waals surface area contributed by atoms with Crippen LogP contribution in [0.25, 0.3) is 0 Å². The zero-order valence-electron chi connectivity index (χ0n) is 10.3. The summed E-state index contributed by atoms with van der Waals surface area (Å²) in [4.78, 5) is -0.573. The highest BCUT2D eigenvalue weighted by atomic mass is 32.2. The van der Waals surface area contributed by atoms with E-state index in [9.17, 15) is 21.6 Å². The summed E-state index contributed by atoms with van der Waals surface area (Å²) in [5.74, 6) is -2.61. The molecule has 1 N–H and O–H groups in total. The molecule has 2 aromatic rings. The molecule has 0 aliphatic rings. The second-order valence-electron chi connectivity index (χ2n) is 4.17. The largest absolute Gasteiger partial charge is 0.280 e. The molecular formula is C13H10F3NO2S. The molecule has 0 unspecified atom stereocenters. The van der Waals surface area contributed by atoms with Crippen LogP contribution in [0.5, 0.6) is 0 Å². The van der Waals surface area contributed by atoms with Gasteiger partial charge in [-0.25, -0.2) is 21.6 Å². The number of hydrogen-bond acceptors (Lipinski definition) is 2. The van der Waals surface area contributed by atoms with E-state index >= 15 is 0 Å². The van der Waals surface area contributed by atoms with Gasteiger partial charge in [0.1, 0.15) is 17.5 Å². The summed E-state index contributed by atoms with van der Waals surface area (Å²) >= 11 is 0. The highest BCUT2D eigenvalue weighted by Gasteiger charge is 2.17. The van der Waals surface area contributed by atoms with Gasteiger partial charge in [0.05, 0.1) is 10.6 Å². The van der Waals surface area contributed by atoms with Crippen molar-refractivity contribution in [1.82, 2.24) is 0 Å². The van der Waals surface area contributed by atoms with Crippen LogP contribution in [0.3, 0.4) is 0 Å². The van der Waals surface area contributed by atoms with Crippen LogP contribution in [0.4, 0.5) is 18.9 Å². The molecule has 3 nitrogen and oxygen atoms in total. The number of benzene rings is 2. The van der Waals surface area contributed by atoms with Crippen molar-refractivity contribution in [2.45, 2.75) is 11.8 Å². The summed E-state index contributed by atoms with van der Waals surface area (Å²) in [6, 6.07) is 5.64. The molecule has 20 heavy (non-hydrogen) atoms. The number of rotatable bonds is 3. The van der Waals surface area contributed by atoms with Gasteiger partial charge >= 0.3 is 0 Å². The van der Waals surface area contributed by atoms with E-state index in [4.69, 9.17) is 0 Å². The van der Waals surface area contributed by atoms with Gasteiger partial charge in [-0.1, -0.05) is 6.07 Å². The molecule has 0 heterocycles. The van der Waals surface area contributed by atoms with Crippen LogP contribution >= 0.6 is 0 Å². The van der Waals surface area contributed by atoms with Gasteiger partial charge < -0.3 is 0 Å². The van der Waals surface area contributed by atoms with Crippen LogP contribution < -0.4 is 4.72 Å². The van der Waals surface area contributed by atoms with Crippen molar-refractivity contribution >= 4 is 15.7 Å². The van der Waals surface area contributed by atoms with Crippen molar-refractivity contribution < 1.29 is 21.6 Å². The normalized spacial score (nSPS) is 11.4. The van der Waals surface area contributed by atoms with E-state index in [1.165, 1.54) is 19.1 Å². The predicted molar refractivity (Wildman–Crippen MR) is 68.3 cm³/mol. The number of nitrogens with one attached hydrogen (secondary N) is 1. The van der Waals surface area contributed by atoms with Crippen LogP contribution in [0.1, 0.15) is 5.56 Å². The Morgan fingerprint density at radius 1 is 0.950 bits per heavy atom. The molecule has 0 fully saturated rings. The van der Waals surface area contributed by atoms with Gasteiger partial charge in [0.15, 0.2) is 0 Å². The van der Waals surface area contributed by atoms with Crippen molar-refractivity contribution in [1.29, 1.82) is 0 Å². The minimum atomic E-state index is -4.18. The number of anilines is 1. The summed E-state index contributed by atoms with van der Waals surface area (Å²) in [6.45, 7) is 1.52. The lowest BCUT2D eigenvalue weighted by atomic mass is 10.2. The summed E-state index contributed by atoms with van der Waals surface area (Å²) in [6.07, 6.45) is 0. The highest BCUT2D eigenvalue weighted by molar-refractivity contribution is 7.92. The standard InChI is InChI=1S/C13H10F3NO2S/c1-8-2-3-11(7-13(8)16)17-20(18,19)12-5-9(14)4-10(15)6-12/h2-7,17H,1H3. The van der Waals surface area contributed by atoms with Crippen LogP contribution in [-0.2, 0) is 10.0 Å². The van der Waals surface area contributed by atoms with Crippen molar-refractivity contribution in [3.63, 3.8) is 0 Å². The second-order valence-corrected chi connectivity index (χ2v) is 5.86. The van der Waals surface area contributed by atoms with Crippen molar-refractivity contribution in [2.24, 2.45) is 0 Å². The maximum absolute atomic E-state index is 13.3. The lowest BCUT2D eigenvalue weighted by Crippen LogP contribution is -2.13. The molecule has 0 aliphatic carbocycles. The Bertz CT molecular complexity index is 740. The molecule has 0 saturated heterocycles. The number of halogens is 3. The average molecular weight is 301 g/mol. The topological polar surface area (TPSA) is 46.2 Å². The van der Waals surface area contributed by atoms with Crippen molar-refractivity contribution in [3.05, 3.63) is 59.4 Å². The quantitative estimate of drug-likeness (QED) is 0.946. The van der Waals surface area contributed by atoms with E-state index < -0.39 is 32.4 Å². The number of hydrogen-bond donors (Lipinski definition) is 1. The molecule has 7 heteroatoms. The first kappa shape index (κ1) is 14.4. The van der Waals surface area contributed by atoms with Crippen LogP contribution in [-0.4, -0.2) is 8.42 Å². The highest BCUT2D eigenvalue weighted by Crippen LogP contribution is 2.20. The lowest BCUT2D eigenvalue weighted by Gasteiger charge is -2.09. The second kappa shape index (κ2) is 5.16. The van der Waals surface area contributed by atoms with Gasteiger partial charge in [0.25, 0.3) is 10.0 Å². The number of aryl methyl sites for hydroxylation is 1. The molecule has 0 saturated carbocycles. The van der Waals surface area contributed by atoms with Gasteiger partial charge in [0.2, 0.25) is 0 Å². The zero-order valence-corrected chi connectivity index (χ0v) is 11.1. The fourth-order valence-electron chi connectivity index (χ4n) is 1.55. The average Bonchev–Trinajstić information content (AvgIpc) is 2.32. The molecule has 0 amide bonds. The van der Waals surface area contributed by atoms with Gasteiger partial charge in [-0.05, 0) is 36.8 Å². The Kier molecular flexibility index (Phi) is 3.71. The van der Waals surface area contributed by atoms with Gasteiger partial charge in [-0.3, -0.25) is 4.72 Å². The predicted octanol–water partition coefficient (Wildman–Crippen LogP) is 3.21. The van der Waals surface area contributed by atoms with Gasteiger partial charge in [-0.2, -0.15) is 0 Å². The van der Waals surface area contributed by atoms with Gasteiger partial charge in [0, 0.05) is 6.07 Å². The third kappa shape index (κ3) is 3.11. The summed E-state index contributed by atoms with van der Waals surface area (Å²) in [5.41, 5.74) is 0.322. The maximum Gasteiger partial charge on any atom is 0.262 e. The minimum Gasteiger partial charge on any atom is -0.280 e. The molecule has 0 radical (unpaired) electrons. The molecule has 0 bridgehead atoms. The molecular weight excluding hydrogens is 291 g/mol. The van der Waals surface area contributed by atoms with Crippen LogP contribution in [0.2, 0.25) is 0 Å². The zero-order chi connectivity index (χ0) is 14.9. The monoisotopic (exact) mass is 301 g/mol. The molecule has 0 aliphatic heterocycles. The van der Waals surface area contributed by atoms with E-state index in [2.05, 4.69) is 4.72 Å². The van der Waals surface area contributed by atoms with E-state index in [-0.39, 0.29) is 5.69 Å². The Morgan fingerprint density at radius 2 is 1.55 bits per heavy atom. The summed E-state index contributed by atoms with van der Waals surface area (Å²) < 4.78 is 65.3. The Morgan fingerprint density at radius 3 is 2.10 bits per heavy atom. The lowest BCUT2D eigenvalue weighted by molar-refractivity contribution is 0.568. The van der Waals surface area contributed by atoms with E-state index in [0.29, 0.717) is 23.8 Å². The molecule has 106 valence electrons. The number of sulfonamides is 1. The van der Waals surface area contributed by atoms with E-state index in [0.717, 1.165) is 6.07 Å². The summed E-state index contributed by atoms with van der Waals surface area (Å²) in [7, 11) is -4.18. The molecule has 0 spiro atoms. The van der Waals surface area contributed by atoms with Crippen LogP contribution in [0, 0.1) is 24.4 Å². The first-order valence-electron chi connectivity index (χ1n) is 5.53. The third-order valence-corrected chi connectivity index (χ3v) is 3.93. The first-order chi connectivity index (χ1) is 9.28. The van der Waals surface area contributed by atoms with E-state index in [1.807, 2.05) is 0 Å². The first-order valence-corrected chi connectivity index (χ1v) is 7.01. The maximum atomic E-state index is 13.3. The molecule has 2 rings (SSSR count). The van der Waals surface area contributed by atoms with Crippen molar-refractivity contribution in [2.75, 3.05) is 4.72 Å². The Hall–Kier alpha value is -2.02. The molecule has 2 aromatic carbocycles. The fraction of sp³-hybridized carbons (Fsp3) is 0.0769.